The van der Waals surface area contributed by atoms with Crippen molar-refractivity contribution in [1.82, 2.24) is 20.2 Å². The Bertz CT molecular complexity index is 1010. The number of carbonyl (C=O) groups is 1. The molecule has 0 aliphatic heterocycles. The van der Waals surface area contributed by atoms with Crippen LogP contribution >= 0.6 is 11.8 Å². The van der Waals surface area contributed by atoms with Crippen LogP contribution in [0.25, 0.3) is 5.69 Å². The van der Waals surface area contributed by atoms with Gasteiger partial charge in [0.05, 0.1) is 29.5 Å². The fraction of sp³-hybridized carbons (Fsp3) is 0.176. The van der Waals surface area contributed by atoms with Crippen LogP contribution in [0.5, 0.6) is 5.75 Å². The van der Waals surface area contributed by atoms with Gasteiger partial charge in [-0.3, -0.25) is 14.9 Å². The molecule has 0 radical (unpaired) electrons. The molecule has 2 aromatic carbocycles. The fourth-order valence-corrected chi connectivity index (χ4v) is 3.02. The minimum absolute atomic E-state index is 0.0184. The van der Waals surface area contributed by atoms with E-state index < -0.39 is 10.8 Å². The predicted molar refractivity (Wildman–Crippen MR) is 103 cm³/mol. The lowest BCUT2D eigenvalue weighted by Crippen LogP contribution is -2.15. The van der Waals surface area contributed by atoms with Gasteiger partial charge in [0.15, 0.2) is 0 Å². The third-order valence-electron chi connectivity index (χ3n) is 3.73. The van der Waals surface area contributed by atoms with Crippen LogP contribution in [0.1, 0.15) is 5.56 Å². The molecule has 0 saturated carbocycles. The first-order chi connectivity index (χ1) is 13.5. The Morgan fingerprint density at radius 1 is 1.29 bits per heavy atom. The molecule has 28 heavy (non-hydrogen) atoms. The van der Waals surface area contributed by atoms with Crippen molar-refractivity contribution < 1.29 is 14.5 Å². The van der Waals surface area contributed by atoms with E-state index in [0.717, 1.165) is 23.0 Å². The van der Waals surface area contributed by atoms with Gasteiger partial charge in [-0.15, -0.1) is 5.10 Å². The van der Waals surface area contributed by atoms with Crippen molar-refractivity contribution in [3.8, 4) is 11.4 Å². The monoisotopic (exact) mass is 400 g/mol. The first kappa shape index (κ1) is 19.3. The third kappa shape index (κ3) is 4.43. The highest BCUT2D eigenvalue weighted by molar-refractivity contribution is 7.99. The minimum Gasteiger partial charge on any atom is -0.496 e. The number of tetrazole rings is 1. The van der Waals surface area contributed by atoms with Crippen molar-refractivity contribution in [3.05, 3.63) is 58.1 Å². The Labute approximate surface area is 164 Å². The number of hydrogen-bond donors (Lipinski definition) is 1. The molecular formula is C17H16N6O4S. The van der Waals surface area contributed by atoms with Crippen LogP contribution in [0.4, 0.5) is 11.4 Å². The standard InChI is InChI=1S/C17H16N6O4S/c1-11-3-5-12(6-4-11)22-17(19-20-21-22)28-10-16(24)18-14-8-7-13(27-2)9-15(14)23(25)26/h3-9H,10H2,1-2H3,(H,18,24). The Morgan fingerprint density at radius 2 is 2.04 bits per heavy atom. The number of nitrogens with one attached hydrogen (secondary N) is 1. The second-order valence-electron chi connectivity index (χ2n) is 5.69. The first-order valence-corrected chi connectivity index (χ1v) is 9.07. The maximum absolute atomic E-state index is 12.3. The number of aryl methyl sites for hydroxylation is 1. The molecule has 0 spiro atoms. The van der Waals surface area contributed by atoms with Crippen molar-refractivity contribution in [2.45, 2.75) is 12.1 Å². The van der Waals surface area contributed by atoms with Crippen molar-refractivity contribution in [2.24, 2.45) is 0 Å². The maximum atomic E-state index is 12.3. The van der Waals surface area contributed by atoms with E-state index in [1.165, 1.54) is 30.0 Å². The lowest BCUT2D eigenvalue weighted by Gasteiger charge is -2.08. The van der Waals surface area contributed by atoms with Crippen LogP contribution in [0, 0.1) is 17.0 Å². The molecule has 11 heteroatoms. The number of nitrogens with zero attached hydrogens (tertiary/aromatic N) is 5. The third-order valence-corrected chi connectivity index (χ3v) is 4.65. The number of rotatable bonds is 7. The number of nitro groups is 1. The maximum Gasteiger partial charge on any atom is 0.296 e. The van der Waals surface area contributed by atoms with Crippen molar-refractivity contribution in [3.63, 3.8) is 0 Å². The minimum atomic E-state index is -0.580. The lowest BCUT2D eigenvalue weighted by molar-refractivity contribution is -0.384. The van der Waals surface area contributed by atoms with E-state index in [2.05, 4.69) is 20.8 Å². The van der Waals surface area contributed by atoms with Crippen LogP contribution in [-0.4, -0.2) is 43.9 Å². The number of methoxy groups -OCH3 is 1. The zero-order valence-electron chi connectivity index (χ0n) is 15.0. The number of thioether (sulfide) groups is 1. The van der Waals surface area contributed by atoms with E-state index in [0.29, 0.717) is 10.9 Å². The number of ether oxygens (including phenoxy) is 1. The van der Waals surface area contributed by atoms with Crippen LogP contribution in [0.3, 0.4) is 0 Å². The van der Waals surface area contributed by atoms with E-state index in [-0.39, 0.29) is 17.1 Å². The highest BCUT2D eigenvalue weighted by Gasteiger charge is 2.18. The number of benzene rings is 2. The SMILES string of the molecule is COc1ccc(NC(=O)CSc2nnnn2-c2ccc(C)cc2)c([N+](=O)[O-])c1. The van der Waals surface area contributed by atoms with Crippen molar-refractivity contribution in [2.75, 3.05) is 18.2 Å². The molecule has 0 saturated heterocycles. The highest BCUT2D eigenvalue weighted by atomic mass is 32.2. The van der Waals surface area contributed by atoms with E-state index in [1.54, 1.807) is 0 Å². The molecule has 0 fully saturated rings. The predicted octanol–water partition coefficient (Wildman–Crippen LogP) is 2.62. The normalized spacial score (nSPS) is 10.5. The second kappa shape index (κ2) is 8.48. The average molecular weight is 400 g/mol. The van der Waals surface area contributed by atoms with Gasteiger partial charge in [0.2, 0.25) is 11.1 Å². The lowest BCUT2D eigenvalue weighted by atomic mass is 10.2. The number of amides is 1. The zero-order chi connectivity index (χ0) is 20.1. The van der Waals surface area contributed by atoms with Gasteiger partial charge in [-0.25, -0.2) is 0 Å². The molecule has 1 N–H and O–H groups in total. The molecule has 0 aliphatic rings. The summed E-state index contributed by atoms with van der Waals surface area (Å²) in [6.45, 7) is 1.97. The Morgan fingerprint density at radius 3 is 2.71 bits per heavy atom. The summed E-state index contributed by atoms with van der Waals surface area (Å²) in [5.41, 5.74) is 1.72. The number of anilines is 1. The molecule has 10 nitrogen and oxygen atoms in total. The molecule has 1 heterocycles. The smallest absolute Gasteiger partial charge is 0.296 e. The molecule has 144 valence electrons. The largest absolute Gasteiger partial charge is 0.496 e. The van der Waals surface area contributed by atoms with E-state index >= 15 is 0 Å². The van der Waals surface area contributed by atoms with Crippen LogP contribution in [0.15, 0.2) is 47.6 Å². The summed E-state index contributed by atoms with van der Waals surface area (Å²) in [5.74, 6) is -0.108. The van der Waals surface area contributed by atoms with Gasteiger partial charge in [-0.2, -0.15) is 4.68 Å². The Kier molecular flexibility index (Phi) is 5.84. The van der Waals surface area contributed by atoms with Crippen LogP contribution in [-0.2, 0) is 4.79 Å². The van der Waals surface area contributed by atoms with Gasteiger partial charge in [-0.05, 0) is 41.6 Å². The van der Waals surface area contributed by atoms with E-state index in [1.807, 2.05) is 31.2 Å². The molecule has 3 rings (SSSR count). The molecule has 3 aromatic rings. The zero-order valence-corrected chi connectivity index (χ0v) is 15.8. The van der Waals surface area contributed by atoms with Crippen molar-refractivity contribution in [1.29, 1.82) is 0 Å². The summed E-state index contributed by atoms with van der Waals surface area (Å²) < 4.78 is 6.50. The molecule has 1 aromatic heterocycles. The number of aromatic nitrogens is 4. The van der Waals surface area contributed by atoms with Crippen molar-refractivity contribution >= 4 is 29.0 Å². The van der Waals surface area contributed by atoms with E-state index in [4.69, 9.17) is 4.74 Å². The van der Waals surface area contributed by atoms with Gasteiger partial charge >= 0.3 is 0 Å². The molecule has 0 unspecified atom stereocenters. The van der Waals surface area contributed by atoms with Crippen LogP contribution < -0.4 is 10.1 Å². The number of carbonyl (C=O) groups excluding carboxylic acids is 1. The number of nitro benzene ring substituents is 1. The van der Waals surface area contributed by atoms with Gasteiger partial charge in [-0.1, -0.05) is 29.5 Å². The summed E-state index contributed by atoms with van der Waals surface area (Å²) >= 11 is 1.12. The fourth-order valence-electron chi connectivity index (χ4n) is 2.33. The Balaban J connectivity index is 1.68. The summed E-state index contributed by atoms with van der Waals surface area (Å²) in [6.07, 6.45) is 0. The summed E-state index contributed by atoms with van der Waals surface area (Å²) in [7, 11) is 1.41. The topological polar surface area (TPSA) is 125 Å². The summed E-state index contributed by atoms with van der Waals surface area (Å²) in [4.78, 5) is 22.9. The van der Waals surface area contributed by atoms with Gasteiger partial charge < -0.3 is 10.1 Å². The van der Waals surface area contributed by atoms with Gasteiger partial charge in [0.1, 0.15) is 11.4 Å². The van der Waals surface area contributed by atoms with Gasteiger partial charge in [0, 0.05) is 0 Å². The average Bonchev–Trinajstić information content (AvgIpc) is 3.15. The quantitative estimate of drug-likeness (QED) is 0.364. The highest BCUT2D eigenvalue weighted by Crippen LogP contribution is 2.29. The number of hydrogen-bond acceptors (Lipinski definition) is 8. The summed E-state index contributed by atoms with van der Waals surface area (Å²) in [5, 5.41) is 25.7. The molecular weight excluding hydrogens is 384 g/mol. The second-order valence-corrected chi connectivity index (χ2v) is 6.63. The van der Waals surface area contributed by atoms with Crippen LogP contribution in [0.2, 0.25) is 0 Å². The molecule has 1 amide bonds. The summed E-state index contributed by atoms with van der Waals surface area (Å²) in [6, 6.07) is 11.8. The van der Waals surface area contributed by atoms with E-state index in [9.17, 15) is 14.9 Å². The molecule has 0 bridgehead atoms. The first-order valence-electron chi connectivity index (χ1n) is 8.08. The van der Waals surface area contributed by atoms with Gasteiger partial charge in [0.25, 0.3) is 5.69 Å². The Hall–Kier alpha value is -3.47. The molecule has 0 aliphatic carbocycles. The molecule has 0 atom stereocenters.